The molecule has 1 aromatic rings. The summed E-state index contributed by atoms with van der Waals surface area (Å²) in [5, 5.41) is 0. The number of halogens is 1. The van der Waals surface area contributed by atoms with Crippen LogP contribution in [-0.4, -0.2) is 7.26 Å². The molecule has 1 rings (SSSR count). The van der Waals surface area contributed by atoms with Gasteiger partial charge in [-0.3, -0.25) is 0 Å². The summed E-state index contributed by atoms with van der Waals surface area (Å²) in [7, 11) is 1.47. The number of hydrogen-bond acceptors (Lipinski definition) is 0. The second-order valence-electron chi connectivity index (χ2n) is 1.65. The van der Waals surface area contributed by atoms with Crippen LogP contribution < -0.4 is 0 Å². The molecule has 0 nitrogen and oxygen atoms in total. The highest BCUT2D eigenvalue weighted by atomic mass is 35.5. The van der Waals surface area contributed by atoms with Crippen molar-refractivity contribution in [2.45, 2.75) is 6.92 Å². The lowest BCUT2D eigenvalue weighted by molar-refractivity contribution is 1.48. The molecular weight excluding hydrogens is 130 g/mol. The second kappa shape index (κ2) is 5.71. The van der Waals surface area contributed by atoms with Crippen LogP contribution in [0.1, 0.15) is 5.56 Å². The molecule has 0 aliphatic carbocycles. The zero-order valence-corrected chi connectivity index (χ0v) is 6.52. The van der Waals surface area contributed by atoms with Crippen LogP contribution >= 0.6 is 11.5 Å². The Morgan fingerprint density at radius 3 is 1.78 bits per heavy atom. The maximum atomic E-state index is 4.64. The van der Waals surface area contributed by atoms with Crippen LogP contribution in [0, 0.1) is 6.92 Å². The van der Waals surface area contributed by atoms with Gasteiger partial charge in [0, 0.05) is 0 Å². The Morgan fingerprint density at radius 1 is 1.11 bits per heavy atom. The van der Waals surface area contributed by atoms with Crippen molar-refractivity contribution >= 4 is 18.7 Å². The van der Waals surface area contributed by atoms with Crippen molar-refractivity contribution < 1.29 is 0 Å². The minimum Gasteiger partial charge on any atom is -0.206 e. The molecule has 9 heavy (non-hydrogen) atoms. The van der Waals surface area contributed by atoms with Crippen molar-refractivity contribution in [3.63, 3.8) is 0 Å². The van der Waals surface area contributed by atoms with Gasteiger partial charge >= 0.3 is 0 Å². The third kappa shape index (κ3) is 4.10. The maximum absolute atomic E-state index is 4.64. The molecule has 0 atom stereocenters. The van der Waals surface area contributed by atoms with E-state index in [1.54, 1.807) is 0 Å². The summed E-state index contributed by atoms with van der Waals surface area (Å²) in [6.45, 7) is 2.08. The Morgan fingerprint density at radius 2 is 1.56 bits per heavy atom. The highest BCUT2D eigenvalue weighted by molar-refractivity contribution is 6.80. The molecule has 0 N–H and O–H groups in total. The molecule has 2 heteroatoms. The van der Waals surface area contributed by atoms with Crippen molar-refractivity contribution in [1.82, 2.24) is 0 Å². The van der Waals surface area contributed by atoms with E-state index in [2.05, 4.69) is 30.5 Å². The van der Waals surface area contributed by atoms with Gasteiger partial charge in [0.25, 0.3) is 0 Å². The van der Waals surface area contributed by atoms with E-state index in [-0.39, 0.29) is 0 Å². The maximum Gasteiger partial charge on any atom is 0.215 e. The van der Waals surface area contributed by atoms with Crippen LogP contribution in [-0.2, 0) is 0 Å². The van der Waals surface area contributed by atoms with Crippen LogP contribution in [0.2, 0.25) is 0 Å². The molecule has 0 aromatic heterocycles. The van der Waals surface area contributed by atoms with Gasteiger partial charge < -0.3 is 0 Å². The standard InChI is InChI=1S/C7H8.BClH2/c1-7-5-3-2-4-6-7;1-2/h2-6H,1H3;1H2. The molecular formula is C7H10BCl. The van der Waals surface area contributed by atoms with Gasteiger partial charge in [-0.15, -0.1) is 0 Å². The Bertz CT molecular complexity index is 139. The summed E-state index contributed by atoms with van der Waals surface area (Å²) in [6.07, 6.45) is 0. The molecule has 0 saturated carbocycles. The number of hydrogen-bond donors (Lipinski definition) is 0. The fourth-order valence-electron chi connectivity index (χ4n) is 0.534. The fraction of sp³-hybridized carbons (Fsp3) is 0.143. The van der Waals surface area contributed by atoms with E-state index < -0.39 is 0 Å². The van der Waals surface area contributed by atoms with E-state index in [4.69, 9.17) is 0 Å². The minimum absolute atomic E-state index is 1.32. The van der Waals surface area contributed by atoms with E-state index in [9.17, 15) is 0 Å². The quantitative estimate of drug-likeness (QED) is 0.482. The van der Waals surface area contributed by atoms with Gasteiger partial charge in [0.2, 0.25) is 7.26 Å². The molecule has 0 radical (unpaired) electrons. The molecule has 0 spiro atoms. The number of aryl methyl sites for hydroxylation is 1. The molecule has 0 saturated heterocycles. The molecule has 48 valence electrons. The summed E-state index contributed by atoms with van der Waals surface area (Å²) in [5.41, 5.74) is 1.32. The monoisotopic (exact) mass is 140 g/mol. The third-order valence-electron chi connectivity index (χ3n) is 0.940. The molecule has 0 aliphatic heterocycles. The van der Waals surface area contributed by atoms with E-state index in [0.717, 1.165) is 0 Å². The Kier molecular flexibility index (Phi) is 5.44. The predicted octanol–water partition coefficient (Wildman–Crippen LogP) is 1.77. The Balaban J connectivity index is 0.000000291. The average molecular weight is 140 g/mol. The van der Waals surface area contributed by atoms with E-state index >= 15 is 0 Å². The van der Waals surface area contributed by atoms with Crippen LogP contribution in [0.3, 0.4) is 0 Å². The van der Waals surface area contributed by atoms with Gasteiger partial charge in [-0.1, -0.05) is 35.9 Å². The molecule has 0 heterocycles. The lowest BCUT2D eigenvalue weighted by Gasteiger charge is -1.82. The van der Waals surface area contributed by atoms with Gasteiger partial charge in [-0.05, 0) is 6.92 Å². The lowest BCUT2D eigenvalue weighted by Crippen LogP contribution is -1.62. The van der Waals surface area contributed by atoms with Crippen LogP contribution in [0.4, 0.5) is 0 Å². The highest BCUT2D eigenvalue weighted by Gasteiger charge is 1.72. The number of rotatable bonds is 0. The fourth-order valence-corrected chi connectivity index (χ4v) is 0.534. The smallest absolute Gasteiger partial charge is 0.206 e. The first-order valence-corrected chi connectivity index (χ1v) is 3.54. The zero-order chi connectivity index (χ0) is 7.11. The van der Waals surface area contributed by atoms with Crippen molar-refractivity contribution in [1.29, 1.82) is 0 Å². The largest absolute Gasteiger partial charge is 0.215 e. The van der Waals surface area contributed by atoms with Gasteiger partial charge in [-0.2, -0.15) is 0 Å². The van der Waals surface area contributed by atoms with Gasteiger partial charge in [0.15, 0.2) is 0 Å². The topological polar surface area (TPSA) is 0 Å². The van der Waals surface area contributed by atoms with Gasteiger partial charge in [0.1, 0.15) is 0 Å². The van der Waals surface area contributed by atoms with Crippen molar-refractivity contribution in [3.05, 3.63) is 35.9 Å². The predicted molar refractivity (Wildman–Crippen MR) is 45.6 cm³/mol. The summed E-state index contributed by atoms with van der Waals surface area (Å²) < 4.78 is 0. The molecule has 1 aromatic carbocycles. The molecule has 0 amide bonds. The molecule has 0 aliphatic rings. The summed E-state index contributed by atoms with van der Waals surface area (Å²) in [6, 6.07) is 10.3. The summed E-state index contributed by atoms with van der Waals surface area (Å²) in [4.78, 5) is 0. The summed E-state index contributed by atoms with van der Waals surface area (Å²) in [5.74, 6) is 0. The molecule has 0 unspecified atom stereocenters. The second-order valence-corrected chi connectivity index (χ2v) is 1.65. The van der Waals surface area contributed by atoms with Crippen LogP contribution in [0.15, 0.2) is 30.3 Å². The lowest BCUT2D eigenvalue weighted by atomic mass is 10.2. The van der Waals surface area contributed by atoms with Crippen LogP contribution in [0.5, 0.6) is 0 Å². The average Bonchev–Trinajstić information content (AvgIpc) is 1.94. The van der Waals surface area contributed by atoms with Crippen molar-refractivity contribution in [2.75, 3.05) is 0 Å². The molecule has 0 bridgehead atoms. The minimum atomic E-state index is 1.32. The highest BCUT2D eigenvalue weighted by Crippen LogP contribution is 1.92. The van der Waals surface area contributed by atoms with Gasteiger partial charge in [-0.25, -0.2) is 11.5 Å². The first-order chi connectivity index (χ1) is 4.39. The van der Waals surface area contributed by atoms with Gasteiger partial charge in [0.05, 0.1) is 0 Å². The molecule has 0 fully saturated rings. The normalized spacial score (nSPS) is 7.33. The number of benzene rings is 1. The first-order valence-electron chi connectivity index (χ1n) is 2.79. The van der Waals surface area contributed by atoms with E-state index in [1.807, 2.05) is 18.2 Å². The SMILES string of the molecule is BCl.Cc1ccccc1. The van der Waals surface area contributed by atoms with Crippen molar-refractivity contribution in [3.8, 4) is 0 Å². The van der Waals surface area contributed by atoms with E-state index in [0.29, 0.717) is 0 Å². The van der Waals surface area contributed by atoms with E-state index in [1.165, 1.54) is 12.8 Å². The Hall–Kier alpha value is -0.425. The zero-order valence-electron chi connectivity index (χ0n) is 5.76. The third-order valence-corrected chi connectivity index (χ3v) is 0.940. The van der Waals surface area contributed by atoms with Crippen molar-refractivity contribution in [2.24, 2.45) is 0 Å². The summed E-state index contributed by atoms with van der Waals surface area (Å²) >= 11 is 4.64. The first kappa shape index (κ1) is 8.57. The van der Waals surface area contributed by atoms with Crippen LogP contribution in [0.25, 0.3) is 0 Å². The Labute approximate surface area is 62.2 Å².